The number of hydrogen-bond acceptors (Lipinski definition) is 4. The molecule has 1 heterocycles. The van der Waals surface area contributed by atoms with E-state index in [4.69, 9.17) is 0 Å². The Balaban J connectivity index is 1.64. The van der Waals surface area contributed by atoms with Gasteiger partial charge in [-0.25, -0.2) is 0 Å². The van der Waals surface area contributed by atoms with Crippen molar-refractivity contribution >= 4 is 0 Å². The second-order valence-corrected chi connectivity index (χ2v) is 7.27. The fourth-order valence-electron chi connectivity index (χ4n) is 3.57. The van der Waals surface area contributed by atoms with Gasteiger partial charge in [-0.15, -0.1) is 0 Å². The summed E-state index contributed by atoms with van der Waals surface area (Å²) in [6.45, 7) is 3.21. The Bertz CT molecular complexity index is 380. The normalized spacial score (nSPS) is 31.0. The van der Waals surface area contributed by atoms with E-state index in [0.29, 0.717) is 18.0 Å². The third-order valence-electron chi connectivity index (χ3n) is 5.20. The third kappa shape index (κ3) is 3.16. The Kier molecular flexibility index (Phi) is 4.03. The van der Waals surface area contributed by atoms with Gasteiger partial charge < -0.3 is 4.90 Å². The van der Waals surface area contributed by atoms with Crippen molar-refractivity contribution in [1.29, 1.82) is 5.26 Å². The van der Waals surface area contributed by atoms with Crippen LogP contribution in [0, 0.1) is 17.2 Å². The summed E-state index contributed by atoms with van der Waals surface area (Å²) < 4.78 is 0. The van der Waals surface area contributed by atoms with Gasteiger partial charge in [0, 0.05) is 25.2 Å². The fraction of sp³-hybridized carbons (Fsp3) is 0.938. The molecule has 20 heavy (non-hydrogen) atoms. The summed E-state index contributed by atoms with van der Waals surface area (Å²) in [6.07, 6.45) is 7.55. The van der Waals surface area contributed by atoms with Gasteiger partial charge in [0.1, 0.15) is 5.54 Å². The number of likely N-dealkylation sites (tertiary alicyclic amines) is 1. The first-order valence-electron chi connectivity index (χ1n) is 8.21. The lowest BCUT2D eigenvalue weighted by molar-refractivity contribution is 0.107. The molecule has 0 amide bonds. The molecule has 1 saturated heterocycles. The highest BCUT2D eigenvalue weighted by Crippen LogP contribution is 2.42. The van der Waals surface area contributed by atoms with Gasteiger partial charge in [-0.1, -0.05) is 0 Å². The summed E-state index contributed by atoms with van der Waals surface area (Å²) >= 11 is 0. The molecule has 4 heteroatoms. The second kappa shape index (κ2) is 5.63. The zero-order valence-corrected chi connectivity index (χ0v) is 12.9. The molecule has 3 rings (SSSR count). The van der Waals surface area contributed by atoms with Crippen LogP contribution in [0.4, 0.5) is 0 Å². The molecule has 0 spiro atoms. The van der Waals surface area contributed by atoms with E-state index in [1.165, 1.54) is 38.5 Å². The molecule has 1 aliphatic heterocycles. The summed E-state index contributed by atoms with van der Waals surface area (Å²) in [5.41, 5.74) is -0.268. The molecule has 1 N–H and O–H groups in total. The van der Waals surface area contributed by atoms with E-state index in [9.17, 15) is 5.26 Å². The quantitative estimate of drug-likeness (QED) is 0.797. The first kappa shape index (κ1) is 14.3. The first-order chi connectivity index (χ1) is 9.63. The van der Waals surface area contributed by atoms with Crippen LogP contribution in [0.15, 0.2) is 0 Å². The number of nitriles is 1. The molecule has 2 atom stereocenters. The molecule has 0 aromatic carbocycles. The number of rotatable bonds is 6. The highest BCUT2D eigenvalue weighted by molar-refractivity contribution is 5.18. The first-order valence-corrected chi connectivity index (χ1v) is 8.21. The fourth-order valence-corrected chi connectivity index (χ4v) is 3.57. The maximum atomic E-state index is 9.82. The van der Waals surface area contributed by atoms with Crippen LogP contribution >= 0.6 is 0 Å². The summed E-state index contributed by atoms with van der Waals surface area (Å²) in [7, 11) is 4.35. The Hall–Kier alpha value is -0.630. The molecule has 0 aromatic heterocycles. The largest absolute Gasteiger partial charge is 0.305 e. The summed E-state index contributed by atoms with van der Waals surface area (Å²) in [6, 6.07) is 3.94. The van der Waals surface area contributed by atoms with Crippen molar-refractivity contribution in [3.8, 4) is 6.07 Å². The van der Waals surface area contributed by atoms with E-state index < -0.39 is 0 Å². The number of likely N-dealkylation sites (N-methyl/N-ethyl adjacent to an activating group) is 1. The predicted octanol–water partition coefficient (Wildman–Crippen LogP) is 1.44. The average Bonchev–Trinajstić information content (AvgIpc) is 3.30. The van der Waals surface area contributed by atoms with Crippen molar-refractivity contribution in [2.75, 3.05) is 33.7 Å². The van der Waals surface area contributed by atoms with Crippen LogP contribution < -0.4 is 5.32 Å². The highest BCUT2D eigenvalue weighted by Gasteiger charge is 2.49. The Morgan fingerprint density at radius 2 is 2.00 bits per heavy atom. The maximum Gasteiger partial charge on any atom is 0.122 e. The number of hydrogen-bond donors (Lipinski definition) is 1. The van der Waals surface area contributed by atoms with Crippen LogP contribution in [0.3, 0.4) is 0 Å². The smallest absolute Gasteiger partial charge is 0.122 e. The van der Waals surface area contributed by atoms with E-state index in [0.717, 1.165) is 19.6 Å². The second-order valence-electron chi connectivity index (χ2n) is 7.27. The van der Waals surface area contributed by atoms with E-state index in [-0.39, 0.29) is 5.54 Å². The van der Waals surface area contributed by atoms with Crippen LogP contribution in [0.5, 0.6) is 0 Å². The Labute approximate surface area is 123 Å². The van der Waals surface area contributed by atoms with Gasteiger partial charge in [-0.05, 0) is 65.1 Å². The summed E-state index contributed by atoms with van der Waals surface area (Å²) in [5.74, 6) is 0.591. The van der Waals surface area contributed by atoms with Crippen molar-refractivity contribution in [3.63, 3.8) is 0 Å². The van der Waals surface area contributed by atoms with E-state index in [1.807, 2.05) is 0 Å². The standard InChI is InChI=1S/C16H28N4/c1-19(2)15-4-3-9-20(10-15)12-16(11-17,13-5-6-13)18-14-7-8-14/h13-15,18H,3-10,12H2,1-2H3. The molecule has 0 radical (unpaired) electrons. The topological polar surface area (TPSA) is 42.3 Å². The minimum Gasteiger partial charge on any atom is -0.305 e. The van der Waals surface area contributed by atoms with E-state index in [2.05, 4.69) is 35.3 Å². The van der Waals surface area contributed by atoms with Crippen LogP contribution in [-0.4, -0.2) is 61.2 Å². The van der Waals surface area contributed by atoms with Gasteiger partial charge >= 0.3 is 0 Å². The number of nitrogens with one attached hydrogen (secondary N) is 1. The van der Waals surface area contributed by atoms with E-state index in [1.54, 1.807) is 0 Å². The number of piperidine rings is 1. The van der Waals surface area contributed by atoms with Gasteiger partial charge in [0.05, 0.1) is 6.07 Å². The molecule has 0 bridgehead atoms. The molecule has 3 fully saturated rings. The van der Waals surface area contributed by atoms with Crippen molar-refractivity contribution in [3.05, 3.63) is 0 Å². The lowest BCUT2D eigenvalue weighted by Gasteiger charge is -2.40. The van der Waals surface area contributed by atoms with E-state index >= 15 is 0 Å². The zero-order valence-electron chi connectivity index (χ0n) is 12.9. The van der Waals surface area contributed by atoms with Gasteiger partial charge in [-0.3, -0.25) is 10.2 Å². The van der Waals surface area contributed by atoms with Crippen molar-refractivity contribution in [2.24, 2.45) is 5.92 Å². The lowest BCUT2D eigenvalue weighted by atomic mass is 9.92. The van der Waals surface area contributed by atoms with Crippen LogP contribution in [0.25, 0.3) is 0 Å². The third-order valence-corrected chi connectivity index (χ3v) is 5.20. The van der Waals surface area contributed by atoms with Crippen LogP contribution in [0.2, 0.25) is 0 Å². The van der Waals surface area contributed by atoms with Crippen molar-refractivity contribution in [2.45, 2.75) is 56.1 Å². The van der Waals surface area contributed by atoms with Gasteiger partial charge in [0.2, 0.25) is 0 Å². The Morgan fingerprint density at radius 3 is 2.55 bits per heavy atom. The molecule has 4 nitrogen and oxygen atoms in total. The monoisotopic (exact) mass is 276 g/mol. The SMILES string of the molecule is CN(C)C1CCCN(CC(C#N)(NC2CC2)C2CC2)C1. The molecule has 2 saturated carbocycles. The summed E-state index contributed by atoms with van der Waals surface area (Å²) in [4.78, 5) is 4.87. The van der Waals surface area contributed by atoms with Crippen molar-refractivity contribution in [1.82, 2.24) is 15.1 Å². The van der Waals surface area contributed by atoms with Crippen molar-refractivity contribution < 1.29 is 0 Å². The van der Waals surface area contributed by atoms with Gasteiger partial charge in [0.25, 0.3) is 0 Å². The predicted molar refractivity (Wildman–Crippen MR) is 80.4 cm³/mol. The molecular weight excluding hydrogens is 248 g/mol. The highest BCUT2D eigenvalue weighted by atomic mass is 15.2. The zero-order chi connectivity index (χ0) is 14.2. The molecule has 2 unspecified atom stereocenters. The lowest BCUT2D eigenvalue weighted by Crippen LogP contribution is -2.58. The maximum absolute atomic E-state index is 9.82. The summed E-state index contributed by atoms with van der Waals surface area (Å²) in [5, 5.41) is 13.5. The van der Waals surface area contributed by atoms with Gasteiger partial charge in [-0.2, -0.15) is 5.26 Å². The molecular formula is C16H28N4. The molecule has 3 aliphatic rings. The minimum atomic E-state index is -0.268. The molecule has 2 aliphatic carbocycles. The molecule has 112 valence electrons. The molecule has 0 aromatic rings. The Morgan fingerprint density at radius 1 is 1.25 bits per heavy atom. The van der Waals surface area contributed by atoms with Gasteiger partial charge in [0.15, 0.2) is 0 Å². The minimum absolute atomic E-state index is 0.268. The average molecular weight is 276 g/mol. The van der Waals surface area contributed by atoms with Crippen LogP contribution in [0.1, 0.15) is 38.5 Å². The van der Waals surface area contributed by atoms with Crippen LogP contribution in [-0.2, 0) is 0 Å². The number of nitrogens with zero attached hydrogens (tertiary/aromatic N) is 3.